The third-order valence-electron chi connectivity index (χ3n) is 5.13. The number of fused-ring (bicyclic) bond motifs is 1. The smallest absolute Gasteiger partial charge is 0.273 e. The van der Waals surface area contributed by atoms with Gasteiger partial charge >= 0.3 is 0 Å². The topological polar surface area (TPSA) is 85.6 Å². The average Bonchev–Trinajstić information content (AvgIpc) is 3.19. The molecule has 0 radical (unpaired) electrons. The number of carbonyl (C=O) groups excluding carboxylic acids is 1. The molecule has 2 aromatic carbocycles. The minimum absolute atomic E-state index is 0.185. The molecule has 0 saturated heterocycles. The van der Waals surface area contributed by atoms with Crippen LogP contribution in [0.25, 0.3) is 11.5 Å². The molecule has 0 bridgehead atoms. The summed E-state index contributed by atoms with van der Waals surface area (Å²) < 4.78 is 17.5. The number of rotatable bonds is 8. The van der Waals surface area contributed by atoms with Gasteiger partial charge in [0.1, 0.15) is 30.5 Å². The second-order valence-electron chi connectivity index (χ2n) is 7.41. The molecule has 7 nitrogen and oxygen atoms in total. The SMILES string of the molecule is CCNCCOc1cccc2c1C[C@H](NC(=O)c1nc(-c3ccccc3)oc1C)CO2. The van der Waals surface area contributed by atoms with Crippen LogP contribution in [0.1, 0.15) is 28.7 Å². The van der Waals surface area contributed by atoms with Gasteiger partial charge in [0.05, 0.1) is 6.04 Å². The van der Waals surface area contributed by atoms with Gasteiger partial charge in [-0.3, -0.25) is 4.79 Å². The second kappa shape index (κ2) is 9.66. The summed E-state index contributed by atoms with van der Waals surface area (Å²) in [5, 5.41) is 6.27. The fraction of sp³-hybridized carbons (Fsp3) is 0.333. The molecule has 0 saturated carbocycles. The number of aryl methyl sites for hydroxylation is 1. The largest absolute Gasteiger partial charge is 0.492 e. The summed E-state index contributed by atoms with van der Waals surface area (Å²) in [6.45, 7) is 6.45. The normalized spacial score (nSPS) is 15.1. The van der Waals surface area contributed by atoms with Crippen molar-refractivity contribution in [2.45, 2.75) is 26.3 Å². The standard InChI is InChI=1S/C24H27N3O4/c1-3-25-12-13-29-20-10-7-11-21-19(20)14-18(15-30-21)26-23(28)22-16(2)31-24(27-22)17-8-5-4-6-9-17/h4-11,18,25H,3,12-15H2,1-2H3,(H,26,28)/t18-/m0/s1. The maximum atomic E-state index is 12.9. The number of nitrogens with one attached hydrogen (secondary N) is 2. The molecule has 1 amide bonds. The van der Waals surface area contributed by atoms with E-state index in [1.807, 2.05) is 48.5 Å². The molecule has 7 heteroatoms. The fourth-order valence-corrected chi connectivity index (χ4v) is 3.58. The number of nitrogens with zero attached hydrogens (tertiary/aromatic N) is 1. The number of hydrogen-bond acceptors (Lipinski definition) is 6. The highest BCUT2D eigenvalue weighted by molar-refractivity contribution is 5.94. The van der Waals surface area contributed by atoms with Crippen molar-refractivity contribution in [2.75, 3.05) is 26.3 Å². The van der Waals surface area contributed by atoms with Gasteiger partial charge in [0.25, 0.3) is 5.91 Å². The highest BCUT2D eigenvalue weighted by Gasteiger charge is 2.27. The van der Waals surface area contributed by atoms with Crippen molar-refractivity contribution in [2.24, 2.45) is 0 Å². The summed E-state index contributed by atoms with van der Waals surface area (Å²) in [7, 11) is 0. The number of ether oxygens (including phenoxy) is 2. The first-order chi connectivity index (χ1) is 15.2. The monoisotopic (exact) mass is 421 g/mol. The average molecular weight is 421 g/mol. The first kappa shape index (κ1) is 20.9. The lowest BCUT2D eigenvalue weighted by Crippen LogP contribution is -2.43. The molecule has 31 heavy (non-hydrogen) atoms. The van der Waals surface area contributed by atoms with E-state index in [4.69, 9.17) is 13.9 Å². The molecule has 162 valence electrons. The van der Waals surface area contributed by atoms with Gasteiger partial charge in [0, 0.05) is 24.1 Å². The molecule has 0 aliphatic carbocycles. The lowest BCUT2D eigenvalue weighted by atomic mass is 10.0. The van der Waals surface area contributed by atoms with Crippen molar-refractivity contribution in [1.29, 1.82) is 0 Å². The summed E-state index contributed by atoms with van der Waals surface area (Å²) in [6, 6.07) is 15.1. The van der Waals surface area contributed by atoms with E-state index in [9.17, 15) is 4.79 Å². The second-order valence-corrected chi connectivity index (χ2v) is 7.41. The zero-order valence-electron chi connectivity index (χ0n) is 17.8. The lowest BCUT2D eigenvalue weighted by Gasteiger charge is -2.27. The van der Waals surface area contributed by atoms with Crippen LogP contribution < -0.4 is 20.1 Å². The molecule has 0 unspecified atom stereocenters. The van der Waals surface area contributed by atoms with Gasteiger partial charge < -0.3 is 24.5 Å². The molecule has 2 heterocycles. The first-order valence-electron chi connectivity index (χ1n) is 10.6. The fourth-order valence-electron chi connectivity index (χ4n) is 3.58. The number of benzene rings is 2. The van der Waals surface area contributed by atoms with Gasteiger partial charge in [-0.2, -0.15) is 0 Å². The summed E-state index contributed by atoms with van der Waals surface area (Å²) in [4.78, 5) is 17.3. The predicted molar refractivity (Wildman–Crippen MR) is 118 cm³/mol. The van der Waals surface area contributed by atoms with Crippen LogP contribution in [0, 0.1) is 6.92 Å². The van der Waals surface area contributed by atoms with E-state index in [1.165, 1.54) is 0 Å². The molecule has 3 aromatic rings. The molecule has 1 aliphatic rings. The number of amides is 1. The summed E-state index contributed by atoms with van der Waals surface area (Å²) >= 11 is 0. The van der Waals surface area contributed by atoms with Crippen LogP contribution in [0.3, 0.4) is 0 Å². The minimum Gasteiger partial charge on any atom is -0.492 e. The molecule has 1 aliphatic heterocycles. The Morgan fingerprint density at radius 2 is 2.03 bits per heavy atom. The number of aromatic nitrogens is 1. The Labute approximate surface area is 181 Å². The van der Waals surface area contributed by atoms with Gasteiger partial charge in [-0.25, -0.2) is 4.98 Å². The van der Waals surface area contributed by atoms with Crippen molar-refractivity contribution < 1.29 is 18.7 Å². The van der Waals surface area contributed by atoms with Crippen molar-refractivity contribution in [3.8, 4) is 23.0 Å². The minimum atomic E-state index is -0.272. The summed E-state index contributed by atoms with van der Waals surface area (Å²) in [5.74, 6) is 2.24. The maximum Gasteiger partial charge on any atom is 0.273 e. The molecule has 1 aromatic heterocycles. The molecular weight excluding hydrogens is 394 g/mol. The molecule has 0 spiro atoms. The van der Waals surface area contributed by atoms with E-state index in [-0.39, 0.29) is 11.9 Å². The maximum absolute atomic E-state index is 12.9. The van der Waals surface area contributed by atoms with Gasteiger partial charge in [-0.15, -0.1) is 0 Å². The molecule has 4 rings (SSSR count). The molecule has 0 fully saturated rings. The van der Waals surface area contributed by atoms with Crippen LogP contribution in [0.5, 0.6) is 11.5 Å². The van der Waals surface area contributed by atoms with Gasteiger partial charge in [-0.1, -0.05) is 31.2 Å². The van der Waals surface area contributed by atoms with Gasteiger partial charge in [-0.05, 0) is 37.7 Å². The van der Waals surface area contributed by atoms with Crippen molar-refractivity contribution in [1.82, 2.24) is 15.6 Å². The zero-order chi connectivity index (χ0) is 21.6. The van der Waals surface area contributed by atoms with E-state index in [0.717, 1.165) is 35.7 Å². The zero-order valence-corrected chi connectivity index (χ0v) is 17.8. The Bertz CT molecular complexity index is 1030. The Kier molecular flexibility index (Phi) is 6.52. The van der Waals surface area contributed by atoms with E-state index in [0.29, 0.717) is 37.0 Å². The third-order valence-corrected chi connectivity index (χ3v) is 5.13. The quantitative estimate of drug-likeness (QED) is 0.543. The van der Waals surface area contributed by atoms with Crippen LogP contribution in [0.2, 0.25) is 0 Å². The molecule has 2 N–H and O–H groups in total. The number of hydrogen-bond donors (Lipinski definition) is 2. The summed E-state index contributed by atoms with van der Waals surface area (Å²) in [5.41, 5.74) is 2.09. The van der Waals surface area contributed by atoms with Crippen molar-refractivity contribution in [3.05, 3.63) is 65.5 Å². The van der Waals surface area contributed by atoms with E-state index in [2.05, 4.69) is 22.5 Å². The van der Waals surface area contributed by atoms with Gasteiger partial charge in [0.15, 0.2) is 5.69 Å². The van der Waals surface area contributed by atoms with Crippen LogP contribution in [-0.4, -0.2) is 43.2 Å². The number of likely N-dealkylation sites (N-methyl/N-ethyl adjacent to an activating group) is 1. The molecule has 1 atom stereocenters. The van der Waals surface area contributed by atoms with Crippen molar-refractivity contribution in [3.63, 3.8) is 0 Å². The predicted octanol–water partition coefficient (Wildman–Crippen LogP) is 3.37. The van der Waals surface area contributed by atoms with E-state index in [1.54, 1.807) is 6.92 Å². The highest BCUT2D eigenvalue weighted by Crippen LogP contribution is 2.33. The Morgan fingerprint density at radius 3 is 2.84 bits per heavy atom. The summed E-state index contributed by atoms with van der Waals surface area (Å²) in [6.07, 6.45) is 0.626. The van der Waals surface area contributed by atoms with E-state index >= 15 is 0 Å². The molecular formula is C24H27N3O4. The Hall–Kier alpha value is -3.32. The highest BCUT2D eigenvalue weighted by atomic mass is 16.5. The van der Waals surface area contributed by atoms with E-state index < -0.39 is 0 Å². The lowest BCUT2D eigenvalue weighted by molar-refractivity contribution is 0.0908. The van der Waals surface area contributed by atoms with Crippen LogP contribution >= 0.6 is 0 Å². The number of oxazole rings is 1. The van der Waals surface area contributed by atoms with Crippen LogP contribution in [-0.2, 0) is 6.42 Å². The van der Waals surface area contributed by atoms with Crippen LogP contribution in [0.4, 0.5) is 0 Å². The van der Waals surface area contributed by atoms with Crippen molar-refractivity contribution >= 4 is 5.91 Å². The van der Waals surface area contributed by atoms with Crippen LogP contribution in [0.15, 0.2) is 52.9 Å². The third kappa shape index (κ3) is 4.88. The Balaban J connectivity index is 1.44. The number of carbonyl (C=O) groups is 1. The van der Waals surface area contributed by atoms with Gasteiger partial charge in [0.2, 0.25) is 5.89 Å². The first-order valence-corrected chi connectivity index (χ1v) is 10.6. The Morgan fingerprint density at radius 1 is 1.19 bits per heavy atom.